The van der Waals surface area contributed by atoms with Crippen LogP contribution in [-0.2, 0) is 14.3 Å². The van der Waals surface area contributed by atoms with E-state index in [4.69, 9.17) is 4.74 Å². The molecular formula is C24H47NO4. The van der Waals surface area contributed by atoms with Gasteiger partial charge in [-0.25, -0.2) is 0 Å². The molecule has 0 aliphatic rings. The summed E-state index contributed by atoms with van der Waals surface area (Å²) in [5, 5.41) is 12.4. The van der Waals surface area contributed by atoms with E-state index in [2.05, 4.69) is 33.0 Å². The molecule has 0 fully saturated rings. The summed E-state index contributed by atoms with van der Waals surface area (Å²) in [4.78, 5) is 24.0. The molecule has 0 saturated carbocycles. The first-order chi connectivity index (χ1) is 14.0. The van der Waals surface area contributed by atoms with E-state index in [-0.39, 0.29) is 12.5 Å². The van der Waals surface area contributed by atoms with Crippen molar-refractivity contribution in [2.24, 2.45) is 5.92 Å². The van der Waals surface area contributed by atoms with Gasteiger partial charge in [-0.3, -0.25) is 9.59 Å². The van der Waals surface area contributed by atoms with Crippen molar-refractivity contribution in [2.45, 2.75) is 130 Å². The van der Waals surface area contributed by atoms with Crippen LogP contribution in [0.3, 0.4) is 0 Å². The molecule has 172 valence electrons. The van der Waals surface area contributed by atoms with Crippen LogP contribution in [0.1, 0.15) is 118 Å². The van der Waals surface area contributed by atoms with Crippen LogP contribution in [0, 0.1) is 5.92 Å². The van der Waals surface area contributed by atoms with E-state index in [0.717, 1.165) is 51.4 Å². The van der Waals surface area contributed by atoms with Gasteiger partial charge in [0, 0.05) is 0 Å². The second kappa shape index (κ2) is 18.9. The molecule has 0 bridgehead atoms. The van der Waals surface area contributed by atoms with Crippen LogP contribution in [0.2, 0.25) is 0 Å². The normalized spacial score (nSPS) is 14.3. The maximum absolute atomic E-state index is 12.7. The van der Waals surface area contributed by atoms with Crippen molar-refractivity contribution in [3.05, 3.63) is 0 Å². The Kier molecular flexibility index (Phi) is 18.2. The molecule has 0 saturated heterocycles. The highest BCUT2D eigenvalue weighted by molar-refractivity contribution is 5.82. The molecule has 2 N–H and O–H groups in total. The van der Waals surface area contributed by atoms with Gasteiger partial charge in [0.25, 0.3) is 0 Å². The SMILES string of the molecule is CCCCCCCCC(CCC)OC(=O)[C@H](CC(=O)O)NCC(CC)CCCC. The minimum absolute atomic E-state index is 0.0983. The van der Waals surface area contributed by atoms with Gasteiger partial charge in [-0.2, -0.15) is 0 Å². The maximum Gasteiger partial charge on any atom is 0.324 e. The number of esters is 1. The van der Waals surface area contributed by atoms with Crippen molar-refractivity contribution in [3.8, 4) is 0 Å². The van der Waals surface area contributed by atoms with Crippen LogP contribution in [-0.4, -0.2) is 35.7 Å². The number of carbonyl (C=O) groups is 2. The molecule has 0 spiro atoms. The van der Waals surface area contributed by atoms with Gasteiger partial charge in [0.2, 0.25) is 0 Å². The van der Waals surface area contributed by atoms with Crippen molar-refractivity contribution in [1.82, 2.24) is 5.32 Å². The lowest BCUT2D eigenvalue weighted by atomic mass is 9.99. The van der Waals surface area contributed by atoms with Crippen molar-refractivity contribution in [3.63, 3.8) is 0 Å². The summed E-state index contributed by atoms with van der Waals surface area (Å²) in [6.07, 6.45) is 14.1. The lowest BCUT2D eigenvalue weighted by molar-refractivity contribution is -0.155. The monoisotopic (exact) mass is 413 g/mol. The second-order valence-corrected chi connectivity index (χ2v) is 8.38. The quantitative estimate of drug-likeness (QED) is 0.186. The number of carbonyl (C=O) groups excluding carboxylic acids is 1. The van der Waals surface area contributed by atoms with Crippen molar-refractivity contribution >= 4 is 11.9 Å². The first kappa shape index (κ1) is 27.9. The van der Waals surface area contributed by atoms with Gasteiger partial charge in [-0.1, -0.05) is 85.5 Å². The van der Waals surface area contributed by atoms with E-state index in [0.29, 0.717) is 12.5 Å². The minimum atomic E-state index is -0.968. The Labute approximate surface area is 179 Å². The number of hydrogen-bond acceptors (Lipinski definition) is 4. The molecule has 0 aliphatic heterocycles. The molecule has 0 amide bonds. The molecule has 0 rings (SSSR count). The molecule has 0 aliphatic carbocycles. The summed E-state index contributed by atoms with van der Waals surface area (Å²) >= 11 is 0. The Morgan fingerprint density at radius 2 is 1.48 bits per heavy atom. The molecule has 29 heavy (non-hydrogen) atoms. The van der Waals surface area contributed by atoms with E-state index in [9.17, 15) is 14.7 Å². The van der Waals surface area contributed by atoms with Gasteiger partial charge in [-0.15, -0.1) is 0 Å². The predicted molar refractivity (Wildman–Crippen MR) is 120 cm³/mol. The van der Waals surface area contributed by atoms with Crippen molar-refractivity contribution in [1.29, 1.82) is 0 Å². The molecule has 0 aromatic rings. The number of carboxylic acids is 1. The van der Waals surface area contributed by atoms with E-state index < -0.39 is 18.0 Å². The number of unbranched alkanes of at least 4 members (excludes halogenated alkanes) is 6. The molecule has 5 heteroatoms. The fourth-order valence-corrected chi connectivity index (χ4v) is 3.65. The van der Waals surface area contributed by atoms with Crippen molar-refractivity contribution in [2.75, 3.05) is 6.54 Å². The number of aliphatic carboxylic acids is 1. The molecule has 0 aromatic carbocycles. The highest BCUT2D eigenvalue weighted by atomic mass is 16.5. The maximum atomic E-state index is 12.7. The van der Waals surface area contributed by atoms with Gasteiger partial charge >= 0.3 is 11.9 Å². The Morgan fingerprint density at radius 3 is 2.07 bits per heavy atom. The Balaban J connectivity index is 4.61. The van der Waals surface area contributed by atoms with Crippen LogP contribution < -0.4 is 5.32 Å². The molecule has 5 nitrogen and oxygen atoms in total. The summed E-state index contributed by atoms with van der Waals surface area (Å²) in [6, 6.07) is -0.757. The van der Waals surface area contributed by atoms with Crippen molar-refractivity contribution < 1.29 is 19.4 Å². The van der Waals surface area contributed by atoms with Crippen LogP contribution in [0.5, 0.6) is 0 Å². The lowest BCUT2D eigenvalue weighted by Crippen LogP contribution is -2.43. The summed E-state index contributed by atoms with van der Waals surface area (Å²) in [5.74, 6) is -0.903. The molecular weight excluding hydrogens is 366 g/mol. The first-order valence-corrected chi connectivity index (χ1v) is 12.1. The third-order valence-electron chi connectivity index (χ3n) is 5.63. The van der Waals surface area contributed by atoms with Gasteiger partial charge < -0.3 is 15.2 Å². The van der Waals surface area contributed by atoms with E-state index >= 15 is 0 Å². The third kappa shape index (κ3) is 15.4. The highest BCUT2D eigenvalue weighted by Gasteiger charge is 2.26. The fourth-order valence-electron chi connectivity index (χ4n) is 3.65. The molecule has 0 heterocycles. The van der Waals surface area contributed by atoms with Crippen LogP contribution >= 0.6 is 0 Å². The van der Waals surface area contributed by atoms with Gasteiger partial charge in [0.1, 0.15) is 12.1 Å². The largest absolute Gasteiger partial charge is 0.481 e. The number of hydrogen-bond donors (Lipinski definition) is 2. The van der Waals surface area contributed by atoms with Crippen LogP contribution in [0.4, 0.5) is 0 Å². The zero-order valence-corrected chi connectivity index (χ0v) is 19.5. The molecule has 3 atom stereocenters. The average Bonchev–Trinajstić information content (AvgIpc) is 2.69. The minimum Gasteiger partial charge on any atom is -0.481 e. The van der Waals surface area contributed by atoms with Gasteiger partial charge in [0.15, 0.2) is 0 Å². The summed E-state index contributed by atoms with van der Waals surface area (Å²) in [7, 11) is 0. The third-order valence-corrected chi connectivity index (χ3v) is 5.63. The first-order valence-electron chi connectivity index (χ1n) is 12.1. The second-order valence-electron chi connectivity index (χ2n) is 8.38. The van der Waals surface area contributed by atoms with Crippen LogP contribution in [0.25, 0.3) is 0 Å². The fraction of sp³-hybridized carbons (Fsp3) is 0.917. The topological polar surface area (TPSA) is 75.6 Å². The summed E-state index contributed by atoms with van der Waals surface area (Å²) in [6.45, 7) is 9.28. The standard InChI is InChI=1S/C24H47NO4/c1-5-9-11-12-13-14-17-21(15-7-3)29-24(28)22(18-23(26)27)25-19-20(8-4)16-10-6-2/h20-22,25H,5-19H2,1-4H3,(H,26,27)/t20?,21?,22-/m0/s1. The Hall–Kier alpha value is -1.10. The van der Waals surface area contributed by atoms with E-state index in [1.165, 1.54) is 32.1 Å². The van der Waals surface area contributed by atoms with Gasteiger partial charge in [-0.05, 0) is 38.1 Å². The number of rotatable bonds is 20. The molecule has 0 aromatic heterocycles. The van der Waals surface area contributed by atoms with E-state index in [1.54, 1.807) is 0 Å². The van der Waals surface area contributed by atoms with E-state index in [1.807, 2.05) is 0 Å². The molecule has 2 unspecified atom stereocenters. The number of nitrogens with one attached hydrogen (secondary N) is 1. The van der Waals surface area contributed by atoms with Gasteiger partial charge in [0.05, 0.1) is 6.42 Å². The smallest absolute Gasteiger partial charge is 0.324 e. The summed E-state index contributed by atoms with van der Waals surface area (Å²) in [5.41, 5.74) is 0. The Bertz CT molecular complexity index is 414. The van der Waals surface area contributed by atoms with Crippen LogP contribution in [0.15, 0.2) is 0 Å². The average molecular weight is 414 g/mol. The zero-order chi connectivity index (χ0) is 21.9. The molecule has 0 radical (unpaired) electrons. The Morgan fingerprint density at radius 1 is 0.828 bits per heavy atom. The summed E-state index contributed by atoms with van der Waals surface area (Å²) < 4.78 is 5.76. The lowest BCUT2D eigenvalue weighted by Gasteiger charge is -2.23. The number of carboxylic acid groups (broad SMARTS) is 1. The zero-order valence-electron chi connectivity index (χ0n) is 19.5. The predicted octanol–water partition coefficient (Wildman–Crippen LogP) is 6.10. The number of ether oxygens (including phenoxy) is 1. The highest BCUT2D eigenvalue weighted by Crippen LogP contribution is 2.16.